The van der Waals surface area contributed by atoms with Crippen molar-refractivity contribution in [2.75, 3.05) is 0 Å². The zero-order valence-electron chi connectivity index (χ0n) is 14.3. The Morgan fingerprint density at radius 3 is 1.93 bits per heavy atom. The molecular formula is C16H11F6NO5S. The van der Waals surface area contributed by atoms with E-state index in [0.717, 1.165) is 12.1 Å². The highest BCUT2D eigenvalue weighted by Crippen LogP contribution is 2.47. The van der Waals surface area contributed by atoms with E-state index in [1.807, 2.05) is 0 Å². The van der Waals surface area contributed by atoms with Crippen molar-refractivity contribution in [2.24, 2.45) is 0 Å². The van der Waals surface area contributed by atoms with Crippen LogP contribution in [0.15, 0.2) is 47.4 Å². The Hall–Kier alpha value is -2.83. The maximum atomic E-state index is 12.8. The summed E-state index contributed by atoms with van der Waals surface area (Å²) < 4.78 is 106. The number of rotatable bonds is 5. The standard InChI is InChI=1S/C16H11F6NO5S/c1-9-2-5-11(6-3-9)29(26,27)28-13-7-4-10(8-12(13)23(24)25)14(15(17,18)19)16(20,21)22/h2-8,14H,1H3. The van der Waals surface area contributed by atoms with E-state index < -0.39 is 55.2 Å². The summed E-state index contributed by atoms with van der Waals surface area (Å²) in [4.78, 5) is 9.38. The van der Waals surface area contributed by atoms with Crippen LogP contribution in [0.2, 0.25) is 0 Å². The molecule has 0 N–H and O–H groups in total. The number of aryl methyl sites for hydroxylation is 1. The maximum Gasteiger partial charge on any atom is 0.404 e. The molecule has 0 radical (unpaired) electrons. The van der Waals surface area contributed by atoms with E-state index in [4.69, 9.17) is 0 Å². The largest absolute Gasteiger partial charge is 0.404 e. The lowest BCUT2D eigenvalue weighted by molar-refractivity contribution is -0.385. The normalized spacial score (nSPS) is 12.8. The highest BCUT2D eigenvalue weighted by molar-refractivity contribution is 7.87. The van der Waals surface area contributed by atoms with Gasteiger partial charge in [0, 0.05) is 6.07 Å². The molecule has 6 nitrogen and oxygen atoms in total. The molecule has 0 spiro atoms. The number of hydrogen-bond acceptors (Lipinski definition) is 5. The fraction of sp³-hybridized carbons (Fsp3) is 0.250. The summed E-state index contributed by atoms with van der Waals surface area (Å²) >= 11 is 0. The zero-order chi connectivity index (χ0) is 22.2. The van der Waals surface area contributed by atoms with Crippen LogP contribution >= 0.6 is 0 Å². The van der Waals surface area contributed by atoms with Crippen molar-refractivity contribution in [3.63, 3.8) is 0 Å². The molecular weight excluding hydrogens is 432 g/mol. The van der Waals surface area contributed by atoms with Gasteiger partial charge in [0.15, 0.2) is 5.92 Å². The number of alkyl halides is 6. The summed E-state index contributed by atoms with van der Waals surface area (Å²) in [6.45, 7) is 1.65. The Bertz CT molecular complexity index is 1000. The van der Waals surface area contributed by atoms with Crippen LogP contribution in [0.4, 0.5) is 32.0 Å². The first-order valence-corrected chi connectivity index (χ1v) is 8.96. The Kier molecular flexibility index (Phi) is 5.84. The summed E-state index contributed by atoms with van der Waals surface area (Å²) in [5.41, 5.74) is -2.15. The second kappa shape index (κ2) is 7.54. The predicted octanol–water partition coefficient (Wildman–Crippen LogP) is 4.88. The van der Waals surface area contributed by atoms with Crippen LogP contribution in [0.5, 0.6) is 5.75 Å². The van der Waals surface area contributed by atoms with E-state index in [0.29, 0.717) is 11.6 Å². The number of hydrogen-bond donors (Lipinski definition) is 0. The average molecular weight is 443 g/mol. The minimum Gasteiger partial charge on any atom is -0.372 e. The van der Waals surface area contributed by atoms with Crippen molar-refractivity contribution in [2.45, 2.75) is 30.1 Å². The smallest absolute Gasteiger partial charge is 0.372 e. The number of nitro groups is 1. The van der Waals surface area contributed by atoms with Crippen molar-refractivity contribution >= 4 is 15.8 Å². The van der Waals surface area contributed by atoms with Crippen LogP contribution in [0, 0.1) is 17.0 Å². The molecule has 0 aliphatic rings. The second-order valence-electron chi connectivity index (χ2n) is 5.85. The molecule has 2 aromatic carbocycles. The van der Waals surface area contributed by atoms with E-state index in [1.165, 1.54) is 12.1 Å². The minimum absolute atomic E-state index is 0.00829. The van der Waals surface area contributed by atoms with Gasteiger partial charge in [0.05, 0.1) is 4.92 Å². The van der Waals surface area contributed by atoms with Crippen molar-refractivity contribution in [3.05, 3.63) is 63.7 Å². The molecule has 0 aromatic heterocycles. The average Bonchev–Trinajstić information content (AvgIpc) is 2.53. The SMILES string of the molecule is Cc1ccc(S(=O)(=O)Oc2ccc(C(C(F)(F)F)C(F)(F)F)cc2[N+](=O)[O-])cc1. The molecule has 0 unspecified atom stereocenters. The Balaban J connectivity index is 2.53. The van der Waals surface area contributed by atoms with Crippen LogP contribution in [0.3, 0.4) is 0 Å². The van der Waals surface area contributed by atoms with Crippen molar-refractivity contribution in [3.8, 4) is 5.75 Å². The van der Waals surface area contributed by atoms with Crippen molar-refractivity contribution in [1.82, 2.24) is 0 Å². The van der Waals surface area contributed by atoms with E-state index in [2.05, 4.69) is 4.18 Å². The number of nitrogens with zero attached hydrogens (tertiary/aromatic N) is 1. The molecule has 0 amide bonds. The third kappa shape index (κ3) is 5.16. The van der Waals surface area contributed by atoms with Gasteiger partial charge in [-0.15, -0.1) is 0 Å². The van der Waals surface area contributed by atoms with Crippen LogP contribution in [0.25, 0.3) is 0 Å². The lowest BCUT2D eigenvalue weighted by atomic mass is 9.97. The topological polar surface area (TPSA) is 86.5 Å². The second-order valence-corrected chi connectivity index (χ2v) is 7.40. The van der Waals surface area contributed by atoms with E-state index in [-0.39, 0.29) is 12.1 Å². The molecule has 29 heavy (non-hydrogen) atoms. The van der Waals surface area contributed by atoms with E-state index in [1.54, 1.807) is 6.92 Å². The summed E-state index contributed by atoms with van der Waals surface area (Å²) in [5.74, 6) is -5.01. The van der Waals surface area contributed by atoms with Gasteiger partial charge in [-0.2, -0.15) is 34.8 Å². The third-order valence-electron chi connectivity index (χ3n) is 3.68. The summed E-state index contributed by atoms with van der Waals surface area (Å²) in [5, 5.41) is 11.1. The first-order valence-electron chi connectivity index (χ1n) is 7.56. The Labute approximate surface area is 160 Å². The zero-order valence-corrected chi connectivity index (χ0v) is 15.1. The summed E-state index contributed by atoms with van der Waals surface area (Å²) in [6, 6.07) is 5.67. The van der Waals surface area contributed by atoms with Gasteiger partial charge in [-0.05, 0) is 30.7 Å². The van der Waals surface area contributed by atoms with Crippen LogP contribution in [0.1, 0.15) is 17.0 Å². The molecule has 0 bridgehead atoms. The van der Waals surface area contributed by atoms with Gasteiger partial charge in [0.25, 0.3) is 0 Å². The maximum absolute atomic E-state index is 12.8. The predicted molar refractivity (Wildman–Crippen MR) is 86.9 cm³/mol. The quantitative estimate of drug-likeness (QED) is 0.285. The van der Waals surface area contributed by atoms with E-state index in [9.17, 15) is 44.9 Å². The van der Waals surface area contributed by atoms with Gasteiger partial charge in [0.2, 0.25) is 5.75 Å². The van der Waals surface area contributed by atoms with Crippen LogP contribution < -0.4 is 4.18 Å². The first kappa shape index (κ1) is 22.5. The molecule has 2 aromatic rings. The monoisotopic (exact) mass is 443 g/mol. The van der Waals surface area contributed by atoms with Gasteiger partial charge in [-0.1, -0.05) is 23.8 Å². The van der Waals surface area contributed by atoms with Gasteiger partial charge in [-0.25, -0.2) is 0 Å². The van der Waals surface area contributed by atoms with Crippen molar-refractivity contribution < 1.29 is 43.9 Å². The molecule has 0 atom stereocenters. The highest BCUT2D eigenvalue weighted by Gasteiger charge is 2.57. The molecule has 0 aliphatic carbocycles. The fourth-order valence-electron chi connectivity index (χ4n) is 2.36. The fourth-order valence-corrected chi connectivity index (χ4v) is 3.30. The number of benzene rings is 2. The molecule has 13 heteroatoms. The summed E-state index contributed by atoms with van der Waals surface area (Å²) in [6.07, 6.45) is -11.6. The molecule has 0 saturated heterocycles. The molecule has 0 heterocycles. The van der Waals surface area contributed by atoms with E-state index >= 15 is 0 Å². The molecule has 2 rings (SSSR count). The minimum atomic E-state index is -5.78. The Morgan fingerprint density at radius 1 is 0.966 bits per heavy atom. The lowest BCUT2D eigenvalue weighted by Gasteiger charge is -2.23. The van der Waals surface area contributed by atoms with Crippen LogP contribution in [-0.4, -0.2) is 25.7 Å². The number of halogens is 6. The Morgan fingerprint density at radius 2 is 1.48 bits per heavy atom. The van der Waals surface area contributed by atoms with Gasteiger partial charge in [0.1, 0.15) is 4.90 Å². The van der Waals surface area contributed by atoms with Gasteiger partial charge >= 0.3 is 28.2 Å². The summed E-state index contributed by atoms with van der Waals surface area (Å²) in [7, 11) is -4.62. The molecule has 0 saturated carbocycles. The highest BCUT2D eigenvalue weighted by atomic mass is 32.2. The van der Waals surface area contributed by atoms with Gasteiger partial charge in [-0.3, -0.25) is 10.1 Å². The molecule has 0 fully saturated rings. The lowest BCUT2D eigenvalue weighted by Crippen LogP contribution is -2.34. The van der Waals surface area contributed by atoms with Gasteiger partial charge < -0.3 is 4.18 Å². The van der Waals surface area contributed by atoms with Crippen LogP contribution in [-0.2, 0) is 10.1 Å². The number of nitro benzene ring substituents is 1. The molecule has 158 valence electrons. The van der Waals surface area contributed by atoms with Crippen molar-refractivity contribution in [1.29, 1.82) is 0 Å². The first-order chi connectivity index (χ1) is 13.1. The third-order valence-corrected chi connectivity index (χ3v) is 4.93. The molecule has 0 aliphatic heterocycles.